The highest BCUT2D eigenvalue weighted by Gasteiger charge is 2.60. The fourth-order valence-electron chi connectivity index (χ4n) is 4.16. The maximum absolute atomic E-state index is 13.6. The molecule has 0 bridgehead atoms. The van der Waals surface area contributed by atoms with Crippen LogP contribution in [0.2, 0.25) is 0 Å². The Morgan fingerprint density at radius 1 is 0.397 bits per heavy atom. The molecule has 0 saturated carbocycles. The molecule has 40 heteroatoms. The fourth-order valence-corrected chi connectivity index (χ4v) is 6.44. The number of hydrogen-bond acceptors (Lipinski definition) is 10. The molecule has 0 aliphatic heterocycles. The van der Waals surface area contributed by atoms with Crippen LogP contribution in [0.25, 0.3) is 22.3 Å². The average Bonchev–Trinajstić information content (AvgIpc) is 3.15. The van der Waals surface area contributed by atoms with Crippen LogP contribution in [0, 0.1) is 0 Å². The standard InChI is InChI=1S/C16H6Br2Cl2F8O6S2.C16H8Br2F8O2.CHCl3.ClHO3S/c17-13(21,22)15(25,26)33-9-3-1-7(5-11(9)35(19,29)30)8-2-4-10(12(6-8)36(20,31)32)34-16(27,28)14(18,23)24;17-13(19,20)15(23,24)27-11-5-1-9(2-6-11)10-3-7-12(8-4-10)28-16(25,26)14(18,21)22;2-1(3)4;1-5(2,3)4/h1-6H;1-8H;1H;(H,2,3,4). The van der Waals surface area contributed by atoms with Gasteiger partial charge < -0.3 is 18.9 Å². The molecule has 0 radical (unpaired) electrons. The molecule has 0 amide bonds. The van der Waals surface area contributed by atoms with Crippen LogP contribution in [0.3, 0.4) is 0 Å². The van der Waals surface area contributed by atoms with Gasteiger partial charge >= 0.3 is 53.1 Å². The van der Waals surface area contributed by atoms with Gasteiger partial charge in [-0.25, -0.2) is 16.8 Å². The highest BCUT2D eigenvalue weighted by Crippen LogP contribution is 2.47. The number of benzene rings is 4. The molecule has 0 atom stereocenters. The van der Waals surface area contributed by atoms with Crippen LogP contribution in [0.15, 0.2) is 94.7 Å². The van der Waals surface area contributed by atoms with E-state index in [-0.39, 0.29) is 11.1 Å². The number of halogens is 26. The van der Waals surface area contributed by atoms with Crippen LogP contribution in [-0.4, -0.2) is 77.9 Å². The van der Waals surface area contributed by atoms with E-state index in [0.717, 1.165) is 36.4 Å². The molecule has 0 aliphatic rings. The number of rotatable bonds is 16. The third kappa shape index (κ3) is 22.7. The zero-order chi connectivity index (χ0) is 57.6. The van der Waals surface area contributed by atoms with Gasteiger partial charge in [-0.05, 0) is 70.8 Å². The second kappa shape index (κ2) is 25.5. The summed E-state index contributed by atoms with van der Waals surface area (Å²) in [5, 5.41) is 0. The molecule has 0 aromatic heterocycles. The van der Waals surface area contributed by atoms with E-state index in [1.165, 1.54) is 88.0 Å². The predicted molar refractivity (Wildman–Crippen MR) is 246 cm³/mol. The van der Waals surface area contributed by atoms with Crippen molar-refractivity contribution in [2.45, 2.75) is 57.8 Å². The lowest BCUT2D eigenvalue weighted by Gasteiger charge is -2.23. The van der Waals surface area contributed by atoms with Crippen LogP contribution in [0.4, 0.5) is 70.2 Å². The highest BCUT2D eigenvalue weighted by atomic mass is 79.9. The van der Waals surface area contributed by atoms with E-state index in [9.17, 15) is 87.1 Å². The third-order valence-electron chi connectivity index (χ3n) is 7.08. The molecule has 0 saturated heterocycles. The molecule has 0 spiro atoms. The van der Waals surface area contributed by atoms with Gasteiger partial charge in [-0.3, -0.25) is 4.55 Å². The molecular weight excluding hydrogens is 1500 g/mol. The monoisotopic (exact) mass is 1510 g/mol. The molecule has 11 nitrogen and oxygen atoms in total. The molecular formula is C33H16Br4Cl6F16O11S3. The number of alkyl halides is 23. The summed E-state index contributed by atoms with van der Waals surface area (Å²) in [4.78, 5) is -21.6. The van der Waals surface area contributed by atoms with Gasteiger partial charge in [0.1, 0.15) is 32.8 Å². The van der Waals surface area contributed by atoms with Gasteiger partial charge in [0.25, 0.3) is 18.1 Å². The summed E-state index contributed by atoms with van der Waals surface area (Å²) >= 11 is 20.2. The van der Waals surface area contributed by atoms with Crippen LogP contribution >= 0.6 is 131 Å². The van der Waals surface area contributed by atoms with Gasteiger partial charge in [0, 0.05) is 95.8 Å². The van der Waals surface area contributed by atoms with Crippen LogP contribution in [0.5, 0.6) is 23.0 Å². The van der Waals surface area contributed by atoms with Crippen LogP contribution in [0.1, 0.15) is 0 Å². The summed E-state index contributed by atoms with van der Waals surface area (Å²) in [6, 6.07) is 12.4. The van der Waals surface area contributed by atoms with E-state index >= 15 is 0 Å². The number of ether oxygens (including phenoxy) is 4. The first kappa shape index (κ1) is 69.4. The Labute approximate surface area is 461 Å². The topological polar surface area (TPSA) is 160 Å². The Bertz CT molecular complexity index is 2660. The smallest absolute Gasteiger partial charge is 0.427 e. The maximum Gasteiger partial charge on any atom is 0.475 e. The summed E-state index contributed by atoms with van der Waals surface area (Å²) in [6.07, 6.45) is -20.1. The molecule has 4 aromatic rings. The van der Waals surface area contributed by atoms with E-state index < -0.39 is 108 Å². The molecule has 0 aliphatic carbocycles. The molecule has 0 heterocycles. The summed E-state index contributed by atoms with van der Waals surface area (Å²) in [7, 11) is 0.245. The average molecular weight is 1520 g/mol. The lowest BCUT2D eigenvalue weighted by Crippen LogP contribution is -2.40. The zero-order valence-electron chi connectivity index (χ0n) is 33.2. The van der Waals surface area contributed by atoms with E-state index in [4.69, 9.17) is 69.1 Å². The molecule has 0 unspecified atom stereocenters. The molecule has 414 valence electrons. The summed E-state index contributed by atoms with van der Waals surface area (Å²) in [6.45, 7) is 0. The quantitative estimate of drug-likeness (QED) is 0.0492. The van der Waals surface area contributed by atoms with Crippen molar-refractivity contribution in [1.82, 2.24) is 0 Å². The van der Waals surface area contributed by atoms with Crippen molar-refractivity contribution in [2.24, 2.45) is 0 Å². The van der Waals surface area contributed by atoms with Gasteiger partial charge in [-0.2, -0.15) is 78.7 Å². The first-order valence-electron chi connectivity index (χ1n) is 16.7. The molecule has 73 heavy (non-hydrogen) atoms. The van der Waals surface area contributed by atoms with E-state index in [2.05, 4.69) is 29.6 Å². The van der Waals surface area contributed by atoms with Crippen molar-refractivity contribution in [3.05, 3.63) is 84.9 Å². The minimum atomic E-state index is -5.27. The fraction of sp³-hybridized carbons (Fsp3) is 0.273. The molecule has 0 fully saturated rings. The van der Waals surface area contributed by atoms with Crippen molar-refractivity contribution in [1.29, 1.82) is 0 Å². The first-order valence-corrected chi connectivity index (χ1v) is 28.1. The summed E-state index contributed by atoms with van der Waals surface area (Å²) in [5.74, 6) is -3.79. The second-order valence-corrected chi connectivity index (χ2v) is 25.4. The van der Waals surface area contributed by atoms with Crippen molar-refractivity contribution < 1.29 is 119 Å². The van der Waals surface area contributed by atoms with Gasteiger partial charge in [0.15, 0.2) is 4.30 Å². The van der Waals surface area contributed by atoms with Crippen molar-refractivity contribution in [3.63, 3.8) is 0 Å². The van der Waals surface area contributed by atoms with E-state index in [1.54, 1.807) is 0 Å². The Balaban J connectivity index is 0.000000638. The Morgan fingerprint density at radius 3 is 0.781 bits per heavy atom. The van der Waals surface area contributed by atoms with Crippen LogP contribution < -0.4 is 18.9 Å². The summed E-state index contributed by atoms with van der Waals surface area (Å²) in [5.41, 5.74) is 0.0122. The van der Waals surface area contributed by atoms with Gasteiger partial charge in [-0.1, -0.05) is 71.2 Å². The Hall–Kier alpha value is -1.57. The van der Waals surface area contributed by atoms with Gasteiger partial charge in [0.2, 0.25) is 0 Å². The maximum atomic E-state index is 13.6. The molecule has 1 N–H and O–H groups in total. The Morgan fingerprint density at radius 2 is 0.589 bits per heavy atom. The number of hydrogen-bond donors (Lipinski definition) is 1. The van der Waals surface area contributed by atoms with Crippen molar-refractivity contribution in [3.8, 4) is 45.3 Å². The third-order valence-corrected chi connectivity index (χ3v) is 11.6. The van der Waals surface area contributed by atoms with Gasteiger partial charge in [0.05, 0.1) is 0 Å². The second-order valence-electron chi connectivity index (χ2n) is 12.4. The van der Waals surface area contributed by atoms with E-state index in [1.807, 2.05) is 0 Å². The highest BCUT2D eigenvalue weighted by molar-refractivity contribution is 9.10. The lowest BCUT2D eigenvalue weighted by atomic mass is 10.1. The summed E-state index contributed by atoms with van der Waals surface area (Å²) < 4.78 is 297. The van der Waals surface area contributed by atoms with E-state index in [0.29, 0.717) is 35.4 Å². The normalized spacial score (nSPS) is 13.3. The largest absolute Gasteiger partial charge is 0.475 e. The molecule has 4 aromatic carbocycles. The predicted octanol–water partition coefficient (Wildman–Crippen LogP) is 16.4. The zero-order valence-corrected chi connectivity index (χ0v) is 46.6. The first-order chi connectivity index (χ1) is 32.2. The molecule has 4 rings (SSSR count). The van der Waals surface area contributed by atoms with Gasteiger partial charge in [-0.15, -0.1) is 0 Å². The SMILES string of the molecule is ClC(Cl)Cl.FC(F)(Br)C(F)(F)Oc1ccc(-c2ccc(OC(F)(F)C(F)(F)Br)cc2)cc1.O=S(=O)(Cl)c1cc(-c2ccc(OC(F)(F)C(F)(F)Br)c(S(=O)(=O)Cl)c2)ccc1OC(F)(F)C(F)(F)Br.O=S(=O)(O)Cl. The Kier molecular flexibility index (Phi) is 24.2. The minimum Gasteiger partial charge on any atom is -0.427 e. The van der Waals surface area contributed by atoms with Crippen molar-refractivity contribution in [2.75, 3.05) is 0 Å². The van der Waals surface area contributed by atoms with Crippen LogP contribution in [-0.2, 0) is 27.4 Å². The van der Waals surface area contributed by atoms with Crippen molar-refractivity contribution >= 4 is 158 Å². The lowest BCUT2D eigenvalue weighted by molar-refractivity contribution is -0.267. The minimum absolute atomic E-state index is 0.374.